The Morgan fingerprint density at radius 3 is 2.32 bits per heavy atom. The molecule has 0 aliphatic heterocycles. The van der Waals surface area contributed by atoms with Gasteiger partial charge in [-0.05, 0) is 50.6 Å². The predicted molar refractivity (Wildman–Crippen MR) is 115 cm³/mol. The van der Waals surface area contributed by atoms with E-state index in [1.807, 2.05) is 6.07 Å². The Labute approximate surface area is 186 Å². The van der Waals surface area contributed by atoms with Gasteiger partial charge in [-0.2, -0.15) is 0 Å². The number of esters is 2. The van der Waals surface area contributed by atoms with Crippen molar-refractivity contribution in [3.8, 4) is 11.5 Å². The molecule has 31 heavy (non-hydrogen) atoms. The first-order chi connectivity index (χ1) is 14.6. The summed E-state index contributed by atoms with van der Waals surface area (Å²) >= 11 is 6.03. The van der Waals surface area contributed by atoms with Gasteiger partial charge in [0.15, 0.2) is 0 Å². The number of hydrogen-bond donors (Lipinski definition) is 0. The zero-order chi connectivity index (χ0) is 23.0. The number of benzene rings is 2. The normalized spacial score (nSPS) is 11.5. The number of ether oxygens (including phenoxy) is 5. The first-order valence-electron chi connectivity index (χ1n) is 9.37. The highest BCUT2D eigenvalue weighted by molar-refractivity contribution is 6.30. The molecule has 7 nitrogen and oxygen atoms in total. The van der Waals surface area contributed by atoms with E-state index in [9.17, 15) is 9.59 Å². The molecule has 0 aliphatic carbocycles. The average Bonchev–Trinajstić information content (AvgIpc) is 2.70. The highest BCUT2D eigenvalue weighted by Crippen LogP contribution is 2.33. The Hall–Kier alpha value is -3.19. The van der Waals surface area contributed by atoms with E-state index >= 15 is 0 Å². The van der Waals surface area contributed by atoms with Crippen LogP contribution >= 0.6 is 11.6 Å². The molecule has 2 rings (SSSR count). The lowest BCUT2D eigenvalue weighted by molar-refractivity contribution is -0.138. The molecular weight excluding hydrogens is 424 g/mol. The van der Waals surface area contributed by atoms with Gasteiger partial charge < -0.3 is 23.7 Å². The first-order valence-corrected chi connectivity index (χ1v) is 9.75. The van der Waals surface area contributed by atoms with E-state index < -0.39 is 17.5 Å². The molecule has 2 aromatic carbocycles. The van der Waals surface area contributed by atoms with Crippen LogP contribution < -0.4 is 9.47 Å². The van der Waals surface area contributed by atoms with E-state index in [0.29, 0.717) is 5.02 Å². The molecule has 0 amide bonds. The van der Waals surface area contributed by atoms with Crippen LogP contribution in [-0.4, -0.2) is 31.8 Å². The average molecular weight is 449 g/mol. The standard InChI is InChI=1S/C23H25ClO7/c1-23(2,3)31-22(26)20-17(29-13-15-8-6-9-16(24)12-15)10-7-11-18(20)30-19(14-27-4)21(25)28-5/h6-12,14H,13H2,1-5H3/b19-14+. The molecule has 166 valence electrons. The van der Waals surface area contributed by atoms with Crippen molar-refractivity contribution in [2.45, 2.75) is 33.0 Å². The SMILES string of the molecule is CO/C=C(/Oc1cccc(OCc2cccc(Cl)c2)c1C(=O)OC(C)(C)C)C(=O)OC. The number of carbonyl (C=O) groups excluding carboxylic acids is 2. The van der Waals surface area contributed by atoms with Crippen LogP contribution in [0.1, 0.15) is 36.7 Å². The van der Waals surface area contributed by atoms with Crippen molar-refractivity contribution in [3.05, 3.63) is 70.6 Å². The second-order valence-corrected chi connectivity index (χ2v) is 7.80. The lowest BCUT2D eigenvalue weighted by Gasteiger charge is -2.22. The number of hydrogen-bond acceptors (Lipinski definition) is 7. The summed E-state index contributed by atoms with van der Waals surface area (Å²) in [7, 11) is 2.56. The lowest BCUT2D eigenvalue weighted by atomic mass is 10.1. The van der Waals surface area contributed by atoms with Gasteiger partial charge in [0, 0.05) is 5.02 Å². The molecule has 0 heterocycles. The van der Waals surface area contributed by atoms with Gasteiger partial charge in [0.25, 0.3) is 0 Å². The molecule has 0 atom stereocenters. The van der Waals surface area contributed by atoms with Crippen molar-refractivity contribution in [2.75, 3.05) is 14.2 Å². The van der Waals surface area contributed by atoms with Crippen molar-refractivity contribution >= 4 is 23.5 Å². The molecule has 0 saturated heterocycles. The van der Waals surface area contributed by atoms with Crippen LogP contribution in [0.4, 0.5) is 0 Å². The van der Waals surface area contributed by atoms with Crippen molar-refractivity contribution in [3.63, 3.8) is 0 Å². The summed E-state index contributed by atoms with van der Waals surface area (Å²) in [6.45, 7) is 5.38. The molecule has 0 unspecified atom stereocenters. The largest absolute Gasteiger partial charge is 0.500 e. The molecule has 0 saturated carbocycles. The van der Waals surface area contributed by atoms with Crippen LogP contribution in [-0.2, 0) is 25.6 Å². The van der Waals surface area contributed by atoms with Gasteiger partial charge >= 0.3 is 11.9 Å². The summed E-state index contributed by atoms with van der Waals surface area (Å²) in [5.41, 5.74) is 0.0657. The number of halogens is 1. The topological polar surface area (TPSA) is 80.3 Å². The lowest BCUT2D eigenvalue weighted by Crippen LogP contribution is -2.25. The first kappa shape index (κ1) is 24.1. The number of rotatable bonds is 8. The smallest absolute Gasteiger partial charge is 0.377 e. The van der Waals surface area contributed by atoms with E-state index in [2.05, 4.69) is 0 Å². The summed E-state index contributed by atoms with van der Waals surface area (Å²) in [4.78, 5) is 25.0. The van der Waals surface area contributed by atoms with E-state index in [0.717, 1.165) is 11.8 Å². The molecule has 8 heteroatoms. The molecule has 0 spiro atoms. The Morgan fingerprint density at radius 1 is 1.03 bits per heavy atom. The van der Waals surface area contributed by atoms with E-state index in [1.54, 1.807) is 51.1 Å². The molecule has 0 fully saturated rings. The quantitative estimate of drug-likeness (QED) is 0.322. The van der Waals surface area contributed by atoms with Gasteiger partial charge in [-0.15, -0.1) is 0 Å². The third-order valence-electron chi connectivity index (χ3n) is 3.71. The van der Waals surface area contributed by atoms with E-state index in [1.165, 1.54) is 20.3 Å². The monoisotopic (exact) mass is 448 g/mol. The Bertz CT molecular complexity index is 961. The molecule has 0 bridgehead atoms. The minimum Gasteiger partial charge on any atom is -0.500 e. The summed E-state index contributed by atoms with van der Waals surface area (Å²) < 4.78 is 26.6. The molecular formula is C23H25ClO7. The molecule has 2 aromatic rings. The third kappa shape index (κ3) is 7.22. The fourth-order valence-electron chi connectivity index (χ4n) is 2.47. The van der Waals surface area contributed by atoms with Gasteiger partial charge in [0.05, 0.1) is 14.2 Å². The third-order valence-corrected chi connectivity index (χ3v) is 3.94. The fourth-order valence-corrected chi connectivity index (χ4v) is 2.69. The van der Waals surface area contributed by atoms with Crippen LogP contribution in [0, 0.1) is 0 Å². The van der Waals surface area contributed by atoms with Crippen molar-refractivity contribution in [1.82, 2.24) is 0 Å². The Morgan fingerprint density at radius 2 is 1.71 bits per heavy atom. The zero-order valence-corrected chi connectivity index (χ0v) is 18.8. The van der Waals surface area contributed by atoms with Gasteiger partial charge in [0.2, 0.25) is 5.76 Å². The maximum absolute atomic E-state index is 13.0. The van der Waals surface area contributed by atoms with Crippen molar-refractivity contribution in [1.29, 1.82) is 0 Å². The van der Waals surface area contributed by atoms with Crippen LogP contribution in [0.3, 0.4) is 0 Å². The highest BCUT2D eigenvalue weighted by atomic mass is 35.5. The maximum Gasteiger partial charge on any atom is 0.377 e. The van der Waals surface area contributed by atoms with E-state index in [4.69, 9.17) is 35.3 Å². The second-order valence-electron chi connectivity index (χ2n) is 7.36. The van der Waals surface area contributed by atoms with Gasteiger partial charge in [-0.25, -0.2) is 9.59 Å². The summed E-state index contributed by atoms with van der Waals surface area (Å²) in [6.07, 6.45) is 1.07. The maximum atomic E-state index is 13.0. The summed E-state index contributed by atoms with van der Waals surface area (Å²) in [5.74, 6) is -1.44. The summed E-state index contributed by atoms with van der Waals surface area (Å²) in [6, 6.07) is 11.9. The predicted octanol–water partition coefficient (Wildman–Crippen LogP) is 4.91. The van der Waals surface area contributed by atoms with Gasteiger partial charge in [-0.1, -0.05) is 29.8 Å². The zero-order valence-electron chi connectivity index (χ0n) is 18.1. The summed E-state index contributed by atoms with van der Waals surface area (Å²) in [5, 5.41) is 0.568. The molecule has 0 aromatic heterocycles. The molecule has 0 aliphatic rings. The Kier molecular flexibility index (Phi) is 8.33. The Balaban J connectivity index is 2.44. The van der Waals surface area contributed by atoms with Crippen molar-refractivity contribution < 1.29 is 33.3 Å². The minimum absolute atomic E-state index is 0.0189. The fraction of sp³-hybridized carbons (Fsp3) is 0.304. The molecule has 0 N–H and O–H groups in total. The number of methoxy groups -OCH3 is 2. The van der Waals surface area contributed by atoms with Gasteiger partial charge in [-0.3, -0.25) is 0 Å². The number of carbonyl (C=O) groups is 2. The van der Waals surface area contributed by atoms with Crippen LogP contribution in [0.25, 0.3) is 0 Å². The van der Waals surface area contributed by atoms with Crippen molar-refractivity contribution in [2.24, 2.45) is 0 Å². The second kappa shape index (κ2) is 10.7. The van der Waals surface area contributed by atoms with E-state index in [-0.39, 0.29) is 29.4 Å². The minimum atomic E-state index is -0.776. The van der Waals surface area contributed by atoms with Crippen LogP contribution in [0.15, 0.2) is 54.5 Å². The highest BCUT2D eigenvalue weighted by Gasteiger charge is 2.27. The van der Waals surface area contributed by atoms with Crippen LogP contribution in [0.5, 0.6) is 11.5 Å². The van der Waals surface area contributed by atoms with Crippen LogP contribution in [0.2, 0.25) is 5.02 Å². The van der Waals surface area contributed by atoms with Gasteiger partial charge in [0.1, 0.15) is 35.5 Å². The molecule has 0 radical (unpaired) electrons.